The van der Waals surface area contributed by atoms with Gasteiger partial charge in [-0.1, -0.05) is 29.8 Å². The molecule has 1 N–H and O–H groups in total. The van der Waals surface area contributed by atoms with Gasteiger partial charge < -0.3 is 4.74 Å². The highest BCUT2D eigenvalue weighted by Crippen LogP contribution is 2.20. The Hall–Kier alpha value is -1.88. The largest absolute Gasteiger partial charge is 0.443 e. The molecule has 0 unspecified atom stereocenters. The van der Waals surface area contributed by atoms with Crippen LogP contribution in [-0.2, 0) is 4.74 Å². The number of rotatable bonds is 2. The van der Waals surface area contributed by atoms with Gasteiger partial charge in [-0.3, -0.25) is 5.43 Å². The van der Waals surface area contributed by atoms with Crippen LogP contribution in [0.5, 0.6) is 0 Å². The highest BCUT2D eigenvalue weighted by atomic mass is 19.1. The van der Waals surface area contributed by atoms with Crippen LogP contribution in [0.3, 0.4) is 0 Å². The molecule has 0 bridgehead atoms. The van der Waals surface area contributed by atoms with Gasteiger partial charge in [0, 0.05) is 18.7 Å². The molecule has 0 aromatic heterocycles. The third kappa shape index (κ3) is 5.15. The van der Waals surface area contributed by atoms with E-state index in [1.165, 1.54) is 11.6 Å². The number of hydrogen-bond donors (Lipinski definition) is 1. The van der Waals surface area contributed by atoms with E-state index in [4.69, 9.17) is 4.74 Å². The molecule has 5 heteroatoms. The number of amides is 1. The predicted octanol–water partition coefficient (Wildman–Crippen LogP) is 3.74. The van der Waals surface area contributed by atoms with E-state index in [1.807, 2.05) is 37.9 Å². The van der Waals surface area contributed by atoms with E-state index in [0.29, 0.717) is 18.7 Å². The highest BCUT2D eigenvalue weighted by Gasteiger charge is 2.20. The number of carbonyl (C=O) groups excluding carboxylic acids is 1. The first-order chi connectivity index (χ1) is 10.3. The van der Waals surface area contributed by atoms with Crippen molar-refractivity contribution in [2.75, 3.05) is 13.1 Å². The summed E-state index contributed by atoms with van der Waals surface area (Å²) in [6, 6.07) is 6.75. The monoisotopic (exact) mass is 306 g/mol. The summed E-state index contributed by atoms with van der Waals surface area (Å²) in [4.78, 5) is 11.7. The fraction of sp³-hybridized carbons (Fsp3) is 0.471. The molecule has 2 rings (SSSR count). The average Bonchev–Trinajstić information content (AvgIpc) is 2.41. The van der Waals surface area contributed by atoms with Gasteiger partial charge in [0.25, 0.3) is 0 Å². The van der Waals surface area contributed by atoms with Crippen LogP contribution in [0.1, 0.15) is 39.2 Å². The Kier molecular flexibility index (Phi) is 5.19. The van der Waals surface area contributed by atoms with Crippen LogP contribution in [0.15, 0.2) is 29.8 Å². The predicted molar refractivity (Wildman–Crippen MR) is 84.6 cm³/mol. The van der Waals surface area contributed by atoms with Gasteiger partial charge in [0.15, 0.2) is 0 Å². The lowest BCUT2D eigenvalue weighted by Crippen LogP contribution is -2.47. The molecule has 1 aromatic carbocycles. The van der Waals surface area contributed by atoms with Gasteiger partial charge in [0.1, 0.15) is 11.4 Å². The minimum atomic E-state index is -0.504. The van der Waals surface area contributed by atoms with Crippen molar-refractivity contribution in [1.29, 1.82) is 0 Å². The molecule has 1 saturated heterocycles. The topological polar surface area (TPSA) is 41.6 Å². The zero-order valence-electron chi connectivity index (χ0n) is 13.4. The second-order valence-electron chi connectivity index (χ2n) is 6.42. The van der Waals surface area contributed by atoms with Crippen molar-refractivity contribution in [1.82, 2.24) is 10.4 Å². The number of ether oxygens (including phenoxy) is 1. The van der Waals surface area contributed by atoms with Crippen molar-refractivity contribution in [3.8, 4) is 0 Å². The molecule has 1 fully saturated rings. The number of halogens is 1. The average molecular weight is 306 g/mol. The van der Waals surface area contributed by atoms with Crippen LogP contribution in [0.2, 0.25) is 0 Å². The van der Waals surface area contributed by atoms with Crippen molar-refractivity contribution >= 4 is 12.2 Å². The lowest BCUT2D eigenvalue weighted by atomic mass is 10.0. The Morgan fingerprint density at radius 1 is 1.27 bits per heavy atom. The first-order valence-corrected chi connectivity index (χ1v) is 7.52. The molecule has 0 aliphatic carbocycles. The zero-order valence-corrected chi connectivity index (χ0v) is 13.4. The number of nitrogens with one attached hydrogen (secondary N) is 1. The van der Waals surface area contributed by atoms with Gasteiger partial charge >= 0.3 is 6.09 Å². The summed E-state index contributed by atoms with van der Waals surface area (Å²) >= 11 is 0. The molecule has 0 spiro atoms. The van der Waals surface area contributed by atoms with Gasteiger partial charge in [0.05, 0.1) is 0 Å². The fourth-order valence-electron chi connectivity index (χ4n) is 2.29. The van der Waals surface area contributed by atoms with E-state index in [-0.39, 0.29) is 5.82 Å². The Morgan fingerprint density at radius 2 is 1.91 bits per heavy atom. The minimum absolute atomic E-state index is 0.204. The third-order valence-electron chi connectivity index (χ3n) is 3.32. The number of carbonyl (C=O) groups is 1. The normalized spacial score (nSPS) is 16.3. The summed E-state index contributed by atoms with van der Waals surface area (Å²) in [6.07, 6.45) is 3.06. The van der Waals surface area contributed by atoms with Crippen LogP contribution < -0.4 is 5.43 Å². The fourth-order valence-corrected chi connectivity index (χ4v) is 2.29. The quantitative estimate of drug-likeness (QED) is 0.905. The zero-order chi connectivity index (χ0) is 16.2. The van der Waals surface area contributed by atoms with Gasteiger partial charge in [-0.2, -0.15) is 0 Å². The molecule has 1 amide bonds. The molecule has 1 aromatic rings. The first kappa shape index (κ1) is 16.5. The van der Waals surface area contributed by atoms with E-state index >= 15 is 0 Å². The maximum absolute atomic E-state index is 13.6. The summed E-state index contributed by atoms with van der Waals surface area (Å²) in [5.74, 6) is -0.204. The molecule has 4 nitrogen and oxygen atoms in total. The SMILES string of the molecule is CC(C)(C)OC(=O)NN1CCC(=Cc2ccccc2F)CC1. The molecule has 120 valence electrons. The van der Waals surface area contributed by atoms with E-state index in [2.05, 4.69) is 5.43 Å². The Balaban J connectivity index is 1.86. The van der Waals surface area contributed by atoms with E-state index in [9.17, 15) is 9.18 Å². The molecule has 0 atom stereocenters. The van der Waals surface area contributed by atoms with E-state index in [0.717, 1.165) is 12.8 Å². The molecular formula is C17H23FN2O2. The number of nitrogens with zero attached hydrogens (tertiary/aromatic N) is 1. The van der Waals surface area contributed by atoms with Crippen LogP contribution in [0, 0.1) is 5.82 Å². The Morgan fingerprint density at radius 3 is 2.50 bits per heavy atom. The van der Waals surface area contributed by atoms with Gasteiger partial charge in [-0.25, -0.2) is 14.2 Å². The molecule has 22 heavy (non-hydrogen) atoms. The van der Waals surface area contributed by atoms with Crippen molar-refractivity contribution in [3.63, 3.8) is 0 Å². The first-order valence-electron chi connectivity index (χ1n) is 7.52. The van der Waals surface area contributed by atoms with Crippen LogP contribution in [-0.4, -0.2) is 29.8 Å². The van der Waals surface area contributed by atoms with Crippen LogP contribution >= 0.6 is 0 Å². The van der Waals surface area contributed by atoms with Crippen LogP contribution in [0.25, 0.3) is 6.08 Å². The lowest BCUT2D eigenvalue weighted by molar-refractivity contribution is 0.0317. The molecule has 1 aliphatic rings. The van der Waals surface area contributed by atoms with Crippen LogP contribution in [0.4, 0.5) is 9.18 Å². The second-order valence-corrected chi connectivity index (χ2v) is 6.42. The second kappa shape index (κ2) is 6.92. The summed E-state index contributed by atoms with van der Waals surface area (Å²) in [6.45, 7) is 6.88. The highest BCUT2D eigenvalue weighted by molar-refractivity contribution is 5.67. The van der Waals surface area contributed by atoms with Gasteiger partial charge in [0.2, 0.25) is 0 Å². The Labute approximate surface area is 130 Å². The molecule has 1 heterocycles. The number of piperidine rings is 1. The van der Waals surface area contributed by atoms with E-state index in [1.54, 1.807) is 12.1 Å². The van der Waals surface area contributed by atoms with Crippen molar-refractivity contribution in [3.05, 3.63) is 41.2 Å². The molecule has 0 saturated carbocycles. The maximum atomic E-state index is 13.6. The van der Waals surface area contributed by atoms with Gasteiger partial charge in [-0.15, -0.1) is 0 Å². The lowest BCUT2D eigenvalue weighted by Gasteiger charge is -2.30. The van der Waals surface area contributed by atoms with Gasteiger partial charge in [-0.05, 0) is 39.7 Å². The minimum Gasteiger partial charge on any atom is -0.443 e. The summed E-state index contributed by atoms with van der Waals surface area (Å²) < 4.78 is 18.8. The summed E-state index contributed by atoms with van der Waals surface area (Å²) in [5, 5.41) is 1.84. The van der Waals surface area contributed by atoms with Crippen molar-refractivity contribution in [2.24, 2.45) is 0 Å². The van der Waals surface area contributed by atoms with Crippen molar-refractivity contribution in [2.45, 2.75) is 39.2 Å². The summed E-state index contributed by atoms with van der Waals surface area (Å²) in [7, 11) is 0. The molecule has 1 aliphatic heterocycles. The molecular weight excluding hydrogens is 283 g/mol. The Bertz CT molecular complexity index is 554. The number of hydrazine groups is 1. The summed E-state index contributed by atoms with van der Waals surface area (Å²) in [5.41, 5.74) is 4.04. The van der Waals surface area contributed by atoms with E-state index < -0.39 is 11.7 Å². The standard InChI is InChI=1S/C17H23FN2O2/c1-17(2,3)22-16(21)19-20-10-8-13(9-11-20)12-14-6-4-5-7-15(14)18/h4-7,12H,8-11H2,1-3H3,(H,19,21). The van der Waals surface area contributed by atoms with Crippen molar-refractivity contribution < 1.29 is 13.9 Å². The molecule has 0 radical (unpaired) electrons. The smallest absolute Gasteiger partial charge is 0.422 e. The third-order valence-corrected chi connectivity index (χ3v) is 3.32. The maximum Gasteiger partial charge on any atom is 0.422 e. The number of benzene rings is 1. The number of hydrogen-bond acceptors (Lipinski definition) is 3.